The molecule has 0 bridgehead atoms. The lowest BCUT2D eigenvalue weighted by molar-refractivity contribution is -0.124. The molecule has 2 aromatic rings. The van der Waals surface area contributed by atoms with Gasteiger partial charge in [-0.15, -0.1) is 11.8 Å². The molecule has 7 nitrogen and oxygen atoms in total. The number of methoxy groups -OCH3 is 1. The number of hydrogen-bond donors (Lipinski definition) is 1. The molecule has 2 aliphatic rings. The van der Waals surface area contributed by atoms with E-state index in [4.69, 9.17) is 9.15 Å². The third kappa shape index (κ3) is 5.55. The number of piperidine rings is 1. The number of ether oxygens (including phenoxy) is 1. The van der Waals surface area contributed by atoms with Gasteiger partial charge in [-0.2, -0.15) is 0 Å². The van der Waals surface area contributed by atoms with Gasteiger partial charge < -0.3 is 24.3 Å². The van der Waals surface area contributed by atoms with Gasteiger partial charge in [-0.05, 0) is 63.1 Å². The quantitative estimate of drug-likeness (QED) is 0.588. The van der Waals surface area contributed by atoms with E-state index in [1.54, 1.807) is 60.6 Å². The van der Waals surface area contributed by atoms with Crippen LogP contribution in [0, 0.1) is 0 Å². The van der Waals surface area contributed by atoms with Crippen molar-refractivity contribution >= 4 is 23.6 Å². The summed E-state index contributed by atoms with van der Waals surface area (Å²) in [6.45, 7) is 5.04. The van der Waals surface area contributed by atoms with Gasteiger partial charge in [0.25, 0.3) is 5.91 Å². The van der Waals surface area contributed by atoms with Gasteiger partial charge in [-0.3, -0.25) is 9.59 Å². The molecule has 4 rings (SSSR count). The highest BCUT2D eigenvalue weighted by molar-refractivity contribution is 7.99. The Balaban J connectivity index is 1.41. The van der Waals surface area contributed by atoms with Crippen molar-refractivity contribution in [2.24, 2.45) is 0 Å². The molecule has 178 valence electrons. The molecule has 2 aliphatic heterocycles. The predicted molar refractivity (Wildman–Crippen MR) is 129 cm³/mol. The number of nitrogens with one attached hydrogen (secondary N) is 1. The summed E-state index contributed by atoms with van der Waals surface area (Å²) in [6, 6.07) is 8.95. The van der Waals surface area contributed by atoms with Crippen molar-refractivity contribution in [3.63, 3.8) is 0 Å². The van der Waals surface area contributed by atoms with Gasteiger partial charge in [0.05, 0.1) is 19.6 Å². The van der Waals surface area contributed by atoms with Crippen LogP contribution in [-0.4, -0.2) is 66.2 Å². The zero-order valence-corrected chi connectivity index (χ0v) is 20.2. The average molecular weight is 472 g/mol. The SMILES string of the molecule is COc1ccc(C(=O)N2C(C(=O)NCCCN3CCCCC3C)CSC2c2ccoc2)cc1. The van der Waals surface area contributed by atoms with Gasteiger partial charge in [-0.1, -0.05) is 6.42 Å². The van der Waals surface area contributed by atoms with Crippen LogP contribution in [0.1, 0.15) is 53.9 Å². The Labute approximate surface area is 199 Å². The van der Waals surface area contributed by atoms with Gasteiger partial charge in [0.2, 0.25) is 5.91 Å². The number of benzene rings is 1. The third-order valence-electron chi connectivity index (χ3n) is 6.56. The molecule has 0 aliphatic carbocycles. The van der Waals surface area contributed by atoms with Crippen molar-refractivity contribution < 1.29 is 18.7 Å². The van der Waals surface area contributed by atoms with Gasteiger partial charge in [0.15, 0.2) is 0 Å². The Morgan fingerprint density at radius 3 is 2.73 bits per heavy atom. The molecule has 0 saturated carbocycles. The van der Waals surface area contributed by atoms with Crippen molar-refractivity contribution in [3.05, 3.63) is 54.0 Å². The first-order chi connectivity index (χ1) is 16.1. The largest absolute Gasteiger partial charge is 0.497 e. The minimum atomic E-state index is -0.529. The molecule has 8 heteroatoms. The Hall–Kier alpha value is -2.45. The number of amides is 2. The molecule has 3 unspecified atom stereocenters. The summed E-state index contributed by atoms with van der Waals surface area (Å²) >= 11 is 1.59. The number of hydrogen-bond acceptors (Lipinski definition) is 6. The van der Waals surface area contributed by atoms with Crippen LogP contribution in [0.5, 0.6) is 5.75 Å². The van der Waals surface area contributed by atoms with E-state index in [1.807, 2.05) is 6.07 Å². The number of likely N-dealkylation sites (tertiary alicyclic amines) is 1. The Morgan fingerprint density at radius 2 is 2.03 bits per heavy atom. The topological polar surface area (TPSA) is 75.0 Å². The fourth-order valence-electron chi connectivity index (χ4n) is 4.61. The summed E-state index contributed by atoms with van der Waals surface area (Å²) in [5, 5.41) is 2.82. The Morgan fingerprint density at radius 1 is 1.21 bits per heavy atom. The highest BCUT2D eigenvalue weighted by atomic mass is 32.2. The summed E-state index contributed by atoms with van der Waals surface area (Å²) in [4.78, 5) is 30.8. The molecule has 0 radical (unpaired) electrons. The first-order valence-corrected chi connectivity index (χ1v) is 12.8. The summed E-state index contributed by atoms with van der Waals surface area (Å²) < 4.78 is 10.5. The Bertz CT molecular complexity index is 918. The van der Waals surface area contributed by atoms with Crippen LogP contribution < -0.4 is 10.1 Å². The fourth-order valence-corrected chi connectivity index (χ4v) is 6.02. The molecule has 1 aromatic carbocycles. The van der Waals surface area contributed by atoms with E-state index in [1.165, 1.54) is 19.3 Å². The second-order valence-electron chi connectivity index (χ2n) is 8.72. The zero-order chi connectivity index (χ0) is 23.2. The molecule has 1 aromatic heterocycles. The first-order valence-electron chi connectivity index (χ1n) is 11.7. The van der Waals surface area contributed by atoms with E-state index in [2.05, 4.69) is 17.1 Å². The second-order valence-corrected chi connectivity index (χ2v) is 9.84. The van der Waals surface area contributed by atoms with E-state index in [0.29, 0.717) is 29.7 Å². The van der Waals surface area contributed by atoms with Gasteiger partial charge in [-0.25, -0.2) is 0 Å². The highest BCUT2D eigenvalue weighted by Crippen LogP contribution is 2.42. The maximum atomic E-state index is 13.5. The van der Waals surface area contributed by atoms with Crippen molar-refractivity contribution in [1.82, 2.24) is 15.1 Å². The maximum absolute atomic E-state index is 13.5. The van der Waals surface area contributed by atoms with Gasteiger partial charge in [0.1, 0.15) is 17.2 Å². The fraction of sp³-hybridized carbons (Fsp3) is 0.520. The molecule has 3 heterocycles. The predicted octanol–water partition coefficient (Wildman–Crippen LogP) is 3.93. The molecule has 2 fully saturated rings. The third-order valence-corrected chi connectivity index (χ3v) is 7.89. The van der Waals surface area contributed by atoms with Crippen LogP contribution in [0.2, 0.25) is 0 Å². The lowest BCUT2D eigenvalue weighted by atomic mass is 10.0. The monoisotopic (exact) mass is 471 g/mol. The molecule has 0 spiro atoms. The van der Waals surface area contributed by atoms with E-state index >= 15 is 0 Å². The number of furan rings is 1. The van der Waals surface area contributed by atoms with Crippen molar-refractivity contribution in [2.75, 3.05) is 32.5 Å². The average Bonchev–Trinajstić information content (AvgIpc) is 3.52. The lowest BCUT2D eigenvalue weighted by Crippen LogP contribution is -2.48. The van der Waals surface area contributed by atoms with E-state index < -0.39 is 6.04 Å². The zero-order valence-electron chi connectivity index (χ0n) is 19.4. The highest BCUT2D eigenvalue weighted by Gasteiger charge is 2.42. The van der Waals surface area contributed by atoms with Crippen molar-refractivity contribution in [1.29, 1.82) is 0 Å². The summed E-state index contributed by atoms with van der Waals surface area (Å²) in [5.74, 6) is 0.969. The molecule has 1 N–H and O–H groups in total. The summed E-state index contributed by atoms with van der Waals surface area (Å²) in [7, 11) is 1.59. The van der Waals surface area contributed by atoms with Gasteiger partial charge >= 0.3 is 0 Å². The van der Waals surface area contributed by atoms with Gasteiger partial charge in [0, 0.05) is 36.0 Å². The number of carbonyl (C=O) groups excluding carboxylic acids is 2. The number of rotatable bonds is 8. The van der Waals surface area contributed by atoms with Crippen LogP contribution in [-0.2, 0) is 4.79 Å². The van der Waals surface area contributed by atoms with Crippen molar-refractivity contribution in [3.8, 4) is 5.75 Å². The molecule has 33 heavy (non-hydrogen) atoms. The lowest BCUT2D eigenvalue weighted by Gasteiger charge is -2.33. The number of nitrogens with zero attached hydrogens (tertiary/aromatic N) is 2. The minimum Gasteiger partial charge on any atom is -0.497 e. The minimum absolute atomic E-state index is 0.0953. The first kappa shape index (κ1) is 23.7. The molecule has 2 amide bonds. The molecular weight excluding hydrogens is 438 g/mol. The normalized spacial score (nSPS) is 23.5. The van der Waals surface area contributed by atoms with E-state index in [-0.39, 0.29) is 17.2 Å². The van der Waals surface area contributed by atoms with Crippen LogP contribution in [0.3, 0.4) is 0 Å². The number of carbonyl (C=O) groups is 2. The van der Waals surface area contributed by atoms with Crippen LogP contribution in [0.4, 0.5) is 0 Å². The molecule has 3 atom stereocenters. The Kier molecular flexibility index (Phi) is 7.98. The second kappa shape index (κ2) is 11.1. The standard InChI is InChI=1S/C25H33N3O4S/c1-18-6-3-4-13-27(18)14-5-12-26-23(29)22-17-33-25(20-11-15-32-16-20)28(22)24(30)19-7-9-21(31-2)10-8-19/h7-11,15-16,18,22,25H,3-6,12-14,17H2,1-2H3,(H,26,29). The van der Waals surface area contributed by atoms with Crippen LogP contribution >= 0.6 is 11.8 Å². The molecule has 2 saturated heterocycles. The van der Waals surface area contributed by atoms with E-state index in [9.17, 15) is 9.59 Å². The van der Waals surface area contributed by atoms with Crippen LogP contribution in [0.25, 0.3) is 0 Å². The number of thioether (sulfide) groups is 1. The maximum Gasteiger partial charge on any atom is 0.255 e. The summed E-state index contributed by atoms with van der Waals surface area (Å²) in [6.07, 6.45) is 7.97. The summed E-state index contributed by atoms with van der Waals surface area (Å²) in [5.41, 5.74) is 1.42. The van der Waals surface area contributed by atoms with Crippen molar-refractivity contribution in [2.45, 2.75) is 50.1 Å². The smallest absolute Gasteiger partial charge is 0.255 e. The van der Waals surface area contributed by atoms with Crippen LogP contribution in [0.15, 0.2) is 47.3 Å². The molecular formula is C25H33N3O4S. The van der Waals surface area contributed by atoms with E-state index in [0.717, 1.165) is 25.1 Å².